The summed E-state index contributed by atoms with van der Waals surface area (Å²) in [7, 11) is 0. The summed E-state index contributed by atoms with van der Waals surface area (Å²) in [6.07, 6.45) is 2.63. The van der Waals surface area contributed by atoms with Crippen LogP contribution < -0.4 is 4.90 Å². The molecule has 1 heterocycles. The van der Waals surface area contributed by atoms with Crippen molar-refractivity contribution < 1.29 is 14.5 Å². The number of anilines is 1. The number of hydrogen-bond donors (Lipinski definition) is 0. The minimum atomic E-state index is -0.750. The molecule has 0 saturated carbocycles. The van der Waals surface area contributed by atoms with E-state index in [-0.39, 0.29) is 16.8 Å². The maximum Gasteiger partial charge on any atom is 0.329 e. The highest BCUT2D eigenvalue weighted by Crippen LogP contribution is 2.28. The first-order valence-electron chi connectivity index (χ1n) is 7.73. The smallest absolute Gasteiger partial charge is 0.329 e. The van der Waals surface area contributed by atoms with Crippen LogP contribution in [0.3, 0.4) is 0 Å². The van der Waals surface area contributed by atoms with Crippen LogP contribution in [0.5, 0.6) is 0 Å². The third kappa shape index (κ3) is 5.59. The largest absolute Gasteiger partial charge is 0.458 e. The van der Waals surface area contributed by atoms with Gasteiger partial charge in [0.05, 0.1) is 4.92 Å². The van der Waals surface area contributed by atoms with Crippen molar-refractivity contribution in [2.75, 3.05) is 11.4 Å². The number of nitro groups is 1. The van der Waals surface area contributed by atoms with Crippen LogP contribution in [0.15, 0.2) is 6.20 Å². The van der Waals surface area contributed by atoms with Gasteiger partial charge in [0.1, 0.15) is 17.8 Å². The molecule has 1 atom stereocenters. The summed E-state index contributed by atoms with van der Waals surface area (Å²) >= 11 is 5.80. The summed E-state index contributed by atoms with van der Waals surface area (Å²) in [5.74, 6) is -0.463. The van der Waals surface area contributed by atoms with Gasteiger partial charge >= 0.3 is 11.7 Å². The van der Waals surface area contributed by atoms with Crippen LogP contribution in [0, 0.1) is 10.1 Å². The van der Waals surface area contributed by atoms with Crippen LogP contribution in [0.25, 0.3) is 0 Å². The first kappa shape index (κ1) is 20.1. The minimum Gasteiger partial charge on any atom is -0.458 e. The molecule has 0 amide bonds. The van der Waals surface area contributed by atoms with E-state index in [1.807, 2.05) is 6.92 Å². The summed E-state index contributed by atoms with van der Waals surface area (Å²) in [6.45, 7) is 9.31. The lowest BCUT2D eigenvalue weighted by molar-refractivity contribution is -0.384. The number of unbranched alkanes of at least 4 members (excludes halogenated alkanes) is 1. The number of nitrogens with zero attached hydrogens (tertiary/aromatic N) is 4. The van der Waals surface area contributed by atoms with Crippen molar-refractivity contribution >= 4 is 29.1 Å². The Hall–Kier alpha value is -1.96. The molecule has 0 aliphatic heterocycles. The monoisotopic (exact) mass is 358 g/mol. The van der Waals surface area contributed by atoms with Gasteiger partial charge in [0, 0.05) is 6.54 Å². The van der Waals surface area contributed by atoms with Gasteiger partial charge in [-0.15, -0.1) is 0 Å². The lowest BCUT2D eigenvalue weighted by Crippen LogP contribution is -2.44. The van der Waals surface area contributed by atoms with Gasteiger partial charge in [-0.1, -0.05) is 13.3 Å². The molecule has 24 heavy (non-hydrogen) atoms. The van der Waals surface area contributed by atoms with Crippen LogP contribution >= 0.6 is 11.6 Å². The second kappa shape index (κ2) is 8.23. The summed E-state index contributed by atoms with van der Waals surface area (Å²) in [4.78, 5) is 32.3. The predicted molar refractivity (Wildman–Crippen MR) is 91.3 cm³/mol. The highest BCUT2D eigenvalue weighted by Gasteiger charge is 2.32. The molecule has 0 bridgehead atoms. The van der Waals surface area contributed by atoms with Crippen LogP contribution in [0.2, 0.25) is 5.28 Å². The zero-order chi connectivity index (χ0) is 18.5. The first-order chi connectivity index (χ1) is 11.1. The van der Waals surface area contributed by atoms with Crippen LogP contribution in [-0.2, 0) is 9.53 Å². The van der Waals surface area contributed by atoms with Crippen molar-refractivity contribution in [1.82, 2.24) is 9.97 Å². The van der Waals surface area contributed by atoms with Crippen molar-refractivity contribution in [1.29, 1.82) is 0 Å². The van der Waals surface area contributed by atoms with Gasteiger partial charge in [-0.2, -0.15) is 4.98 Å². The predicted octanol–water partition coefficient (Wildman–Crippen LogP) is 3.37. The van der Waals surface area contributed by atoms with E-state index in [0.29, 0.717) is 6.54 Å². The number of hydrogen-bond acceptors (Lipinski definition) is 7. The lowest BCUT2D eigenvalue weighted by atomic mass is 10.1. The minimum absolute atomic E-state index is 0.0202. The van der Waals surface area contributed by atoms with Gasteiger partial charge in [-0.3, -0.25) is 10.1 Å². The fourth-order valence-corrected chi connectivity index (χ4v) is 2.14. The maximum absolute atomic E-state index is 12.4. The number of halogens is 1. The fraction of sp³-hybridized carbons (Fsp3) is 0.667. The van der Waals surface area contributed by atoms with Crippen molar-refractivity contribution in [2.45, 2.75) is 59.1 Å². The molecule has 0 spiro atoms. The molecule has 0 radical (unpaired) electrons. The quantitative estimate of drug-likeness (QED) is 0.319. The van der Waals surface area contributed by atoms with Crippen molar-refractivity contribution in [2.24, 2.45) is 0 Å². The van der Waals surface area contributed by atoms with E-state index in [1.165, 1.54) is 0 Å². The fourth-order valence-electron chi connectivity index (χ4n) is 2.01. The van der Waals surface area contributed by atoms with E-state index < -0.39 is 22.5 Å². The summed E-state index contributed by atoms with van der Waals surface area (Å²) in [6, 6.07) is -0.750. The molecule has 1 rings (SSSR count). The average Bonchev–Trinajstić information content (AvgIpc) is 2.45. The Kier molecular flexibility index (Phi) is 6.89. The van der Waals surface area contributed by atoms with E-state index in [4.69, 9.17) is 16.3 Å². The number of aromatic nitrogens is 2. The lowest BCUT2D eigenvalue weighted by Gasteiger charge is -2.30. The Morgan fingerprint density at radius 2 is 2.12 bits per heavy atom. The maximum atomic E-state index is 12.4. The van der Waals surface area contributed by atoms with Crippen molar-refractivity contribution in [3.63, 3.8) is 0 Å². The second-order valence-electron chi connectivity index (χ2n) is 6.36. The Balaban J connectivity index is 3.24. The molecule has 1 aromatic heterocycles. The average molecular weight is 359 g/mol. The number of carbonyl (C=O) groups excluding carboxylic acids is 1. The van der Waals surface area contributed by atoms with E-state index in [2.05, 4.69) is 9.97 Å². The Labute approximate surface area is 146 Å². The third-order valence-electron chi connectivity index (χ3n) is 3.16. The number of carbonyl (C=O) groups is 1. The molecule has 0 fully saturated rings. The molecule has 0 aliphatic rings. The molecule has 1 unspecified atom stereocenters. The topological polar surface area (TPSA) is 98.5 Å². The number of ether oxygens (including phenoxy) is 1. The normalized spacial score (nSPS) is 12.6. The van der Waals surface area contributed by atoms with Crippen LogP contribution in [0.1, 0.15) is 47.5 Å². The SMILES string of the molecule is CCCCN(c1nc(Cl)ncc1[N+](=O)[O-])C(C)C(=O)OC(C)(C)C. The van der Waals surface area contributed by atoms with Gasteiger partial charge in [0.25, 0.3) is 0 Å². The van der Waals surface area contributed by atoms with Gasteiger partial charge in [-0.25, -0.2) is 9.78 Å². The molecular weight excluding hydrogens is 336 g/mol. The molecule has 9 heteroatoms. The summed E-state index contributed by atoms with van der Waals surface area (Å²) in [5, 5.41) is 11.2. The Morgan fingerprint density at radius 1 is 1.50 bits per heavy atom. The van der Waals surface area contributed by atoms with E-state index in [1.54, 1.807) is 32.6 Å². The van der Waals surface area contributed by atoms with Crippen molar-refractivity contribution in [3.8, 4) is 0 Å². The van der Waals surface area contributed by atoms with Gasteiger partial charge in [0.15, 0.2) is 0 Å². The zero-order valence-electron chi connectivity index (χ0n) is 14.6. The molecule has 1 aromatic rings. The van der Waals surface area contributed by atoms with E-state index >= 15 is 0 Å². The summed E-state index contributed by atoms with van der Waals surface area (Å²) < 4.78 is 5.39. The Bertz CT molecular complexity index is 604. The standard InChI is InChI=1S/C15H23ClN4O4/c1-6-7-8-19(10(2)13(21)24-15(3,4)5)12-11(20(22)23)9-17-14(16)18-12/h9-10H,6-8H2,1-5H3. The third-order valence-corrected chi connectivity index (χ3v) is 3.34. The molecule has 0 aromatic carbocycles. The van der Waals surface area contributed by atoms with Crippen LogP contribution in [-0.4, -0.2) is 39.0 Å². The van der Waals surface area contributed by atoms with Crippen LogP contribution in [0.4, 0.5) is 11.5 Å². The highest BCUT2D eigenvalue weighted by molar-refractivity contribution is 6.28. The highest BCUT2D eigenvalue weighted by atomic mass is 35.5. The molecule has 0 saturated heterocycles. The summed E-state index contributed by atoms with van der Waals surface area (Å²) in [5.41, 5.74) is -0.956. The van der Waals surface area contributed by atoms with E-state index in [0.717, 1.165) is 19.0 Å². The van der Waals surface area contributed by atoms with E-state index in [9.17, 15) is 14.9 Å². The molecular formula is C15H23ClN4O4. The number of rotatable bonds is 7. The second-order valence-corrected chi connectivity index (χ2v) is 6.70. The zero-order valence-corrected chi connectivity index (χ0v) is 15.3. The molecule has 8 nitrogen and oxygen atoms in total. The van der Waals surface area contributed by atoms with Gasteiger partial charge < -0.3 is 9.64 Å². The first-order valence-corrected chi connectivity index (χ1v) is 8.11. The van der Waals surface area contributed by atoms with Crippen molar-refractivity contribution in [3.05, 3.63) is 21.6 Å². The molecule has 0 N–H and O–H groups in total. The number of esters is 1. The molecule has 134 valence electrons. The van der Waals surface area contributed by atoms with Gasteiger partial charge in [-0.05, 0) is 45.7 Å². The Morgan fingerprint density at radius 3 is 2.62 bits per heavy atom. The molecule has 0 aliphatic carbocycles. The van der Waals surface area contributed by atoms with Gasteiger partial charge in [0.2, 0.25) is 11.1 Å².